The summed E-state index contributed by atoms with van der Waals surface area (Å²) in [6.07, 6.45) is 4.82. The molecule has 0 radical (unpaired) electrons. The topological polar surface area (TPSA) is 61.4 Å². The molecule has 2 fully saturated rings. The van der Waals surface area contributed by atoms with Gasteiger partial charge in [0, 0.05) is 13.1 Å². The van der Waals surface area contributed by atoms with E-state index in [1.54, 1.807) is 0 Å². The second kappa shape index (κ2) is 5.64. The van der Waals surface area contributed by atoms with Gasteiger partial charge in [0.2, 0.25) is 5.91 Å². The first-order valence-electron chi connectivity index (χ1n) is 6.42. The van der Waals surface area contributed by atoms with E-state index in [0.717, 1.165) is 51.7 Å². The van der Waals surface area contributed by atoms with Crippen LogP contribution in [0.1, 0.15) is 32.1 Å². The van der Waals surface area contributed by atoms with Gasteiger partial charge in [-0.15, -0.1) is 0 Å². The van der Waals surface area contributed by atoms with Crippen LogP contribution in [0.5, 0.6) is 0 Å². The van der Waals surface area contributed by atoms with Gasteiger partial charge in [-0.2, -0.15) is 0 Å². The van der Waals surface area contributed by atoms with E-state index in [1.165, 1.54) is 0 Å². The zero-order valence-corrected chi connectivity index (χ0v) is 9.74. The highest BCUT2D eigenvalue weighted by molar-refractivity contribution is 5.79. The van der Waals surface area contributed by atoms with Crippen LogP contribution in [0.25, 0.3) is 0 Å². The van der Waals surface area contributed by atoms with E-state index in [-0.39, 0.29) is 17.9 Å². The van der Waals surface area contributed by atoms with Gasteiger partial charge in [0.25, 0.3) is 0 Å². The molecule has 0 aromatic carbocycles. The molecule has 2 rings (SSSR count). The van der Waals surface area contributed by atoms with Crippen molar-refractivity contribution in [3.05, 3.63) is 0 Å². The standard InChI is InChI=1S/C12H22N2O2/c15-11-3-1-2-9(6-11)7-14-12(16)10-4-5-13-8-10/h9-11,13,15H,1-8H2,(H,14,16). The molecule has 3 unspecified atom stereocenters. The van der Waals surface area contributed by atoms with Crippen molar-refractivity contribution >= 4 is 5.91 Å². The first kappa shape index (κ1) is 11.9. The molecule has 0 aromatic heterocycles. The molecule has 1 amide bonds. The molecule has 1 saturated carbocycles. The van der Waals surface area contributed by atoms with Gasteiger partial charge >= 0.3 is 0 Å². The van der Waals surface area contributed by atoms with E-state index in [0.29, 0.717) is 5.92 Å². The van der Waals surface area contributed by atoms with Gasteiger partial charge in [-0.05, 0) is 38.1 Å². The maximum Gasteiger partial charge on any atom is 0.224 e. The summed E-state index contributed by atoms with van der Waals surface area (Å²) in [5, 5.41) is 15.8. The van der Waals surface area contributed by atoms with Crippen LogP contribution >= 0.6 is 0 Å². The second-order valence-corrected chi connectivity index (χ2v) is 5.12. The van der Waals surface area contributed by atoms with Crippen LogP contribution in [0.3, 0.4) is 0 Å². The molecule has 16 heavy (non-hydrogen) atoms. The second-order valence-electron chi connectivity index (χ2n) is 5.12. The summed E-state index contributed by atoms with van der Waals surface area (Å²) >= 11 is 0. The number of carbonyl (C=O) groups is 1. The summed E-state index contributed by atoms with van der Waals surface area (Å²) in [4.78, 5) is 11.8. The third kappa shape index (κ3) is 3.19. The molecule has 2 aliphatic rings. The highest BCUT2D eigenvalue weighted by atomic mass is 16.3. The van der Waals surface area contributed by atoms with Gasteiger partial charge in [0.15, 0.2) is 0 Å². The minimum absolute atomic E-state index is 0.149. The fraction of sp³-hybridized carbons (Fsp3) is 0.917. The van der Waals surface area contributed by atoms with E-state index in [2.05, 4.69) is 10.6 Å². The summed E-state index contributed by atoms with van der Waals surface area (Å²) in [7, 11) is 0. The number of amides is 1. The molecule has 0 bridgehead atoms. The average Bonchev–Trinajstić information content (AvgIpc) is 2.79. The number of carbonyl (C=O) groups excluding carboxylic acids is 1. The Morgan fingerprint density at radius 2 is 2.25 bits per heavy atom. The molecule has 3 atom stereocenters. The molecule has 4 nitrogen and oxygen atoms in total. The Morgan fingerprint density at radius 1 is 1.38 bits per heavy atom. The highest BCUT2D eigenvalue weighted by Crippen LogP contribution is 2.23. The first-order valence-corrected chi connectivity index (χ1v) is 6.42. The molecule has 3 N–H and O–H groups in total. The van der Waals surface area contributed by atoms with Crippen LogP contribution < -0.4 is 10.6 Å². The van der Waals surface area contributed by atoms with Crippen molar-refractivity contribution in [2.75, 3.05) is 19.6 Å². The SMILES string of the molecule is O=C(NCC1CCCC(O)C1)C1CCNC1. The van der Waals surface area contributed by atoms with Gasteiger partial charge in [0.1, 0.15) is 0 Å². The molecule has 1 heterocycles. The van der Waals surface area contributed by atoms with Gasteiger partial charge < -0.3 is 15.7 Å². The molecule has 1 aliphatic heterocycles. The van der Waals surface area contributed by atoms with Crippen LogP contribution in [0, 0.1) is 11.8 Å². The molecule has 1 saturated heterocycles. The lowest BCUT2D eigenvalue weighted by atomic mass is 9.87. The zero-order chi connectivity index (χ0) is 11.4. The quantitative estimate of drug-likeness (QED) is 0.647. The van der Waals surface area contributed by atoms with Gasteiger partial charge in [0.05, 0.1) is 12.0 Å². The predicted octanol–water partition coefficient (Wildman–Crippen LogP) is 0.263. The number of hydrogen-bond donors (Lipinski definition) is 3. The minimum Gasteiger partial charge on any atom is -0.393 e. The summed E-state index contributed by atoms with van der Waals surface area (Å²) in [6, 6.07) is 0. The minimum atomic E-state index is -0.149. The van der Waals surface area contributed by atoms with Gasteiger partial charge in [-0.25, -0.2) is 0 Å². The lowest BCUT2D eigenvalue weighted by molar-refractivity contribution is -0.124. The van der Waals surface area contributed by atoms with E-state index < -0.39 is 0 Å². The Morgan fingerprint density at radius 3 is 2.94 bits per heavy atom. The van der Waals surface area contributed by atoms with Crippen molar-refractivity contribution < 1.29 is 9.90 Å². The van der Waals surface area contributed by atoms with Crippen molar-refractivity contribution in [1.29, 1.82) is 0 Å². The molecule has 0 spiro atoms. The lowest BCUT2D eigenvalue weighted by Gasteiger charge is -2.26. The fourth-order valence-corrected chi connectivity index (χ4v) is 2.72. The Kier molecular flexibility index (Phi) is 4.18. The van der Waals surface area contributed by atoms with Crippen molar-refractivity contribution in [2.24, 2.45) is 11.8 Å². The number of aliphatic hydroxyl groups excluding tert-OH is 1. The number of hydrogen-bond acceptors (Lipinski definition) is 3. The molecular formula is C12H22N2O2. The Bertz CT molecular complexity index is 239. The van der Waals surface area contributed by atoms with Crippen LogP contribution in [0.15, 0.2) is 0 Å². The maximum absolute atomic E-state index is 11.8. The third-order valence-corrected chi connectivity index (χ3v) is 3.75. The highest BCUT2D eigenvalue weighted by Gasteiger charge is 2.24. The van der Waals surface area contributed by atoms with E-state index in [9.17, 15) is 9.90 Å². The van der Waals surface area contributed by atoms with Crippen molar-refractivity contribution in [3.8, 4) is 0 Å². The van der Waals surface area contributed by atoms with E-state index in [4.69, 9.17) is 0 Å². The predicted molar refractivity (Wildman–Crippen MR) is 62.0 cm³/mol. The van der Waals surface area contributed by atoms with Gasteiger partial charge in [-0.3, -0.25) is 4.79 Å². The molecule has 92 valence electrons. The smallest absolute Gasteiger partial charge is 0.224 e. The van der Waals surface area contributed by atoms with Crippen LogP contribution in [0.2, 0.25) is 0 Å². The Balaban J connectivity index is 1.67. The summed E-state index contributed by atoms with van der Waals surface area (Å²) in [6.45, 7) is 2.52. The average molecular weight is 226 g/mol. The number of aliphatic hydroxyl groups is 1. The van der Waals surface area contributed by atoms with Crippen molar-refractivity contribution in [3.63, 3.8) is 0 Å². The van der Waals surface area contributed by atoms with E-state index in [1.807, 2.05) is 0 Å². The first-order chi connectivity index (χ1) is 7.75. The zero-order valence-electron chi connectivity index (χ0n) is 9.74. The van der Waals surface area contributed by atoms with Crippen molar-refractivity contribution in [1.82, 2.24) is 10.6 Å². The molecule has 1 aliphatic carbocycles. The molecule has 4 heteroatoms. The largest absolute Gasteiger partial charge is 0.393 e. The van der Waals surface area contributed by atoms with Crippen LogP contribution in [-0.4, -0.2) is 36.8 Å². The number of rotatable bonds is 3. The molecule has 0 aromatic rings. The van der Waals surface area contributed by atoms with Crippen LogP contribution in [0.4, 0.5) is 0 Å². The van der Waals surface area contributed by atoms with Gasteiger partial charge in [-0.1, -0.05) is 6.42 Å². The number of nitrogens with one attached hydrogen (secondary N) is 2. The monoisotopic (exact) mass is 226 g/mol. The van der Waals surface area contributed by atoms with Crippen molar-refractivity contribution in [2.45, 2.75) is 38.2 Å². The Hall–Kier alpha value is -0.610. The molecular weight excluding hydrogens is 204 g/mol. The Labute approximate surface area is 96.8 Å². The van der Waals surface area contributed by atoms with Crippen LogP contribution in [-0.2, 0) is 4.79 Å². The van der Waals surface area contributed by atoms with E-state index >= 15 is 0 Å². The lowest BCUT2D eigenvalue weighted by Crippen LogP contribution is -2.37. The summed E-state index contributed by atoms with van der Waals surface area (Å²) in [5.74, 6) is 0.820. The fourth-order valence-electron chi connectivity index (χ4n) is 2.72. The third-order valence-electron chi connectivity index (χ3n) is 3.75. The normalized spacial score (nSPS) is 34.9. The summed E-state index contributed by atoms with van der Waals surface area (Å²) < 4.78 is 0. The maximum atomic E-state index is 11.8. The summed E-state index contributed by atoms with van der Waals surface area (Å²) in [5.41, 5.74) is 0.